The molecule has 1 aromatic heterocycles. The lowest BCUT2D eigenvalue weighted by Crippen LogP contribution is -2.39. The van der Waals surface area contributed by atoms with E-state index in [1.165, 1.54) is 30.4 Å². The number of nitrogens with zero attached hydrogens (tertiary/aromatic N) is 1. The summed E-state index contributed by atoms with van der Waals surface area (Å²) in [5.74, 6) is 1.47. The van der Waals surface area contributed by atoms with Crippen molar-refractivity contribution in [1.82, 2.24) is 10.3 Å². The molecule has 0 spiro atoms. The Morgan fingerprint density at radius 1 is 1.33 bits per heavy atom. The largest absolute Gasteiger partial charge is 0.312 e. The zero-order valence-corrected chi connectivity index (χ0v) is 12.2. The summed E-state index contributed by atoms with van der Waals surface area (Å²) >= 11 is 0. The van der Waals surface area contributed by atoms with Gasteiger partial charge in [-0.3, -0.25) is 4.98 Å². The van der Waals surface area contributed by atoms with Gasteiger partial charge < -0.3 is 5.32 Å². The highest BCUT2D eigenvalue weighted by atomic mass is 14.9. The highest BCUT2D eigenvalue weighted by Crippen LogP contribution is 2.40. The average molecular weight is 246 g/mol. The fraction of sp³-hybridized carbons (Fsp3) is 0.688. The zero-order chi connectivity index (χ0) is 13.2. The van der Waals surface area contributed by atoms with Gasteiger partial charge in [-0.15, -0.1) is 0 Å². The summed E-state index contributed by atoms with van der Waals surface area (Å²) in [4.78, 5) is 4.31. The molecule has 1 N–H and O–H groups in total. The number of hydrogen-bond acceptors (Lipinski definition) is 2. The summed E-state index contributed by atoms with van der Waals surface area (Å²) in [6, 6.07) is 2.14. The SMILES string of the molecule is Cc1ccncc1C1CCCC1CNC(C)(C)C. The molecule has 1 aliphatic carbocycles. The van der Waals surface area contributed by atoms with Gasteiger partial charge in [0.2, 0.25) is 0 Å². The molecule has 2 nitrogen and oxygen atoms in total. The van der Waals surface area contributed by atoms with Crippen molar-refractivity contribution >= 4 is 0 Å². The third-order valence-electron chi connectivity index (χ3n) is 4.03. The first-order valence-electron chi connectivity index (χ1n) is 7.13. The first kappa shape index (κ1) is 13.5. The minimum atomic E-state index is 0.219. The number of aromatic nitrogens is 1. The van der Waals surface area contributed by atoms with Crippen molar-refractivity contribution in [2.75, 3.05) is 6.54 Å². The van der Waals surface area contributed by atoms with Crippen LogP contribution in [0.15, 0.2) is 18.5 Å². The maximum absolute atomic E-state index is 4.31. The van der Waals surface area contributed by atoms with E-state index in [4.69, 9.17) is 0 Å². The van der Waals surface area contributed by atoms with E-state index >= 15 is 0 Å². The van der Waals surface area contributed by atoms with Crippen molar-refractivity contribution in [3.8, 4) is 0 Å². The second-order valence-corrected chi connectivity index (χ2v) is 6.66. The molecule has 1 heterocycles. The summed E-state index contributed by atoms with van der Waals surface area (Å²) in [5, 5.41) is 3.66. The van der Waals surface area contributed by atoms with Gasteiger partial charge in [0, 0.05) is 17.9 Å². The first-order valence-corrected chi connectivity index (χ1v) is 7.13. The molecule has 1 aliphatic rings. The molecule has 1 fully saturated rings. The maximum atomic E-state index is 4.31. The van der Waals surface area contributed by atoms with E-state index in [9.17, 15) is 0 Å². The summed E-state index contributed by atoms with van der Waals surface area (Å²) in [7, 11) is 0. The molecule has 0 aliphatic heterocycles. The molecule has 0 aromatic carbocycles. The van der Waals surface area contributed by atoms with E-state index in [0.717, 1.165) is 12.5 Å². The van der Waals surface area contributed by atoms with E-state index in [0.29, 0.717) is 5.92 Å². The number of pyridine rings is 1. The fourth-order valence-electron chi connectivity index (χ4n) is 2.99. The minimum Gasteiger partial charge on any atom is -0.312 e. The van der Waals surface area contributed by atoms with Gasteiger partial charge in [-0.2, -0.15) is 0 Å². The Bertz CT molecular complexity index is 392. The second-order valence-electron chi connectivity index (χ2n) is 6.66. The topological polar surface area (TPSA) is 24.9 Å². The van der Waals surface area contributed by atoms with E-state index in [2.05, 4.69) is 50.3 Å². The van der Waals surface area contributed by atoms with Crippen LogP contribution < -0.4 is 5.32 Å². The van der Waals surface area contributed by atoms with Crippen molar-refractivity contribution in [1.29, 1.82) is 0 Å². The van der Waals surface area contributed by atoms with Crippen LogP contribution in [-0.4, -0.2) is 17.1 Å². The smallest absolute Gasteiger partial charge is 0.0305 e. The van der Waals surface area contributed by atoms with E-state index in [1.807, 2.05) is 6.20 Å². The van der Waals surface area contributed by atoms with Crippen LogP contribution in [0.25, 0.3) is 0 Å². The van der Waals surface area contributed by atoms with Crippen molar-refractivity contribution in [2.45, 2.75) is 58.4 Å². The van der Waals surface area contributed by atoms with E-state index < -0.39 is 0 Å². The van der Waals surface area contributed by atoms with Crippen molar-refractivity contribution < 1.29 is 0 Å². The van der Waals surface area contributed by atoms with Gasteiger partial charge in [-0.25, -0.2) is 0 Å². The van der Waals surface area contributed by atoms with Crippen molar-refractivity contribution in [3.05, 3.63) is 29.6 Å². The number of rotatable bonds is 3. The lowest BCUT2D eigenvalue weighted by Gasteiger charge is -2.27. The Kier molecular flexibility index (Phi) is 4.06. The van der Waals surface area contributed by atoms with Gasteiger partial charge in [-0.05, 0) is 76.1 Å². The quantitative estimate of drug-likeness (QED) is 0.880. The molecule has 0 bridgehead atoms. The standard InChI is InChI=1S/C16H26N2/c1-12-8-9-17-11-15(12)14-7-5-6-13(14)10-18-16(2,3)4/h8-9,11,13-14,18H,5-7,10H2,1-4H3. The van der Waals surface area contributed by atoms with Crippen LogP contribution in [0.4, 0.5) is 0 Å². The summed E-state index contributed by atoms with van der Waals surface area (Å²) in [6.07, 6.45) is 8.01. The lowest BCUT2D eigenvalue weighted by molar-refractivity contribution is 0.356. The normalized spacial score (nSPS) is 24.4. The molecule has 2 unspecified atom stereocenters. The Morgan fingerprint density at radius 3 is 2.78 bits per heavy atom. The van der Waals surface area contributed by atoms with Gasteiger partial charge in [0.05, 0.1) is 0 Å². The molecule has 100 valence electrons. The highest BCUT2D eigenvalue weighted by Gasteiger charge is 2.30. The van der Waals surface area contributed by atoms with Gasteiger partial charge >= 0.3 is 0 Å². The van der Waals surface area contributed by atoms with Crippen molar-refractivity contribution in [3.63, 3.8) is 0 Å². The monoisotopic (exact) mass is 246 g/mol. The number of hydrogen-bond donors (Lipinski definition) is 1. The Balaban J connectivity index is 2.06. The van der Waals surface area contributed by atoms with Gasteiger partial charge in [0.25, 0.3) is 0 Å². The van der Waals surface area contributed by atoms with Crippen LogP contribution in [-0.2, 0) is 0 Å². The van der Waals surface area contributed by atoms with Crippen LogP contribution in [0.2, 0.25) is 0 Å². The molecule has 2 atom stereocenters. The predicted octanol–water partition coefficient (Wildman–Crippen LogP) is 3.66. The Morgan fingerprint density at radius 2 is 2.11 bits per heavy atom. The van der Waals surface area contributed by atoms with E-state index in [-0.39, 0.29) is 5.54 Å². The third-order valence-corrected chi connectivity index (χ3v) is 4.03. The predicted molar refractivity (Wildman–Crippen MR) is 76.8 cm³/mol. The second kappa shape index (κ2) is 5.40. The number of nitrogens with one attached hydrogen (secondary N) is 1. The fourth-order valence-corrected chi connectivity index (χ4v) is 2.99. The zero-order valence-electron chi connectivity index (χ0n) is 12.2. The van der Waals surface area contributed by atoms with Crippen LogP contribution in [0.3, 0.4) is 0 Å². The third kappa shape index (κ3) is 3.32. The van der Waals surface area contributed by atoms with Crippen LogP contribution in [0, 0.1) is 12.8 Å². The van der Waals surface area contributed by atoms with E-state index in [1.54, 1.807) is 0 Å². The molecule has 18 heavy (non-hydrogen) atoms. The van der Waals surface area contributed by atoms with Gasteiger partial charge in [-0.1, -0.05) is 6.42 Å². The van der Waals surface area contributed by atoms with Crippen molar-refractivity contribution in [2.24, 2.45) is 5.92 Å². The lowest BCUT2D eigenvalue weighted by atomic mass is 9.87. The molecule has 2 heteroatoms. The molecular formula is C16H26N2. The van der Waals surface area contributed by atoms with Gasteiger partial charge in [0.1, 0.15) is 0 Å². The molecule has 2 rings (SSSR count). The summed E-state index contributed by atoms with van der Waals surface area (Å²) in [6.45, 7) is 10.1. The molecule has 0 amide bonds. The molecule has 0 radical (unpaired) electrons. The molecule has 1 saturated carbocycles. The number of aryl methyl sites for hydroxylation is 1. The Hall–Kier alpha value is -0.890. The maximum Gasteiger partial charge on any atom is 0.0305 e. The molecule has 1 aromatic rings. The van der Waals surface area contributed by atoms with Crippen LogP contribution in [0.1, 0.15) is 57.1 Å². The molecular weight excluding hydrogens is 220 g/mol. The first-order chi connectivity index (χ1) is 8.47. The summed E-state index contributed by atoms with van der Waals surface area (Å²) in [5.41, 5.74) is 3.09. The van der Waals surface area contributed by atoms with Crippen LogP contribution in [0.5, 0.6) is 0 Å². The Labute approximate surface area is 111 Å². The minimum absolute atomic E-state index is 0.219. The average Bonchev–Trinajstić information content (AvgIpc) is 2.74. The molecule has 0 saturated heterocycles. The van der Waals surface area contributed by atoms with Gasteiger partial charge in [0.15, 0.2) is 0 Å². The highest BCUT2D eigenvalue weighted by molar-refractivity contribution is 5.27. The summed E-state index contributed by atoms with van der Waals surface area (Å²) < 4.78 is 0. The van der Waals surface area contributed by atoms with Crippen LogP contribution >= 0.6 is 0 Å².